The summed E-state index contributed by atoms with van der Waals surface area (Å²) in [6.45, 7) is 5.62. The van der Waals surface area contributed by atoms with E-state index in [-0.39, 0.29) is 15.9 Å². The lowest BCUT2D eigenvalue weighted by Gasteiger charge is -2.21. The largest absolute Gasteiger partial charge is 0.302 e. The summed E-state index contributed by atoms with van der Waals surface area (Å²) in [5, 5.41) is 0.427. The predicted molar refractivity (Wildman–Crippen MR) is 124 cm³/mol. The van der Waals surface area contributed by atoms with E-state index in [1.807, 2.05) is 32.0 Å². The molecular weight excluding hydrogens is 415 g/mol. The SMILES string of the molecule is CCc1cccc(CC)c1C(=O)P(=O)(C(=O)c1c(C)cccc1Cl)c1ccccc1. The molecule has 3 aromatic carbocycles. The quantitative estimate of drug-likeness (QED) is 0.399. The van der Waals surface area contributed by atoms with E-state index in [0.717, 1.165) is 11.1 Å². The van der Waals surface area contributed by atoms with Crippen LogP contribution in [0.2, 0.25) is 5.02 Å². The Kier molecular flexibility index (Phi) is 6.75. The number of hydrogen-bond acceptors (Lipinski definition) is 3. The molecule has 0 amide bonds. The topological polar surface area (TPSA) is 51.2 Å². The van der Waals surface area contributed by atoms with Gasteiger partial charge in [-0.2, -0.15) is 0 Å². The Morgan fingerprint density at radius 1 is 0.767 bits per heavy atom. The van der Waals surface area contributed by atoms with Crippen molar-refractivity contribution in [3.63, 3.8) is 0 Å². The second kappa shape index (κ2) is 9.12. The normalized spacial score (nSPS) is 12.9. The summed E-state index contributed by atoms with van der Waals surface area (Å²) in [7, 11) is -4.19. The second-order valence-electron chi connectivity index (χ2n) is 7.15. The molecule has 154 valence electrons. The van der Waals surface area contributed by atoms with Gasteiger partial charge >= 0.3 is 0 Å². The molecule has 3 nitrogen and oxygen atoms in total. The maximum absolute atomic E-state index is 14.5. The minimum Gasteiger partial charge on any atom is -0.302 e. The fourth-order valence-corrected chi connectivity index (χ4v) is 6.53. The van der Waals surface area contributed by atoms with Crippen LogP contribution >= 0.6 is 18.7 Å². The minimum atomic E-state index is -4.19. The lowest BCUT2D eigenvalue weighted by Crippen LogP contribution is -2.23. The monoisotopic (exact) mass is 438 g/mol. The predicted octanol–water partition coefficient (Wildman–Crippen LogP) is 6.44. The van der Waals surface area contributed by atoms with Crippen LogP contribution in [0, 0.1) is 6.92 Å². The van der Waals surface area contributed by atoms with Crippen molar-refractivity contribution in [3.8, 4) is 0 Å². The van der Waals surface area contributed by atoms with Crippen LogP contribution in [0.25, 0.3) is 0 Å². The molecule has 30 heavy (non-hydrogen) atoms. The number of carbonyl (C=O) groups excluding carboxylic acids is 2. The molecule has 0 radical (unpaired) electrons. The van der Waals surface area contributed by atoms with Crippen LogP contribution in [0.3, 0.4) is 0 Å². The average molecular weight is 439 g/mol. The van der Waals surface area contributed by atoms with Crippen molar-refractivity contribution >= 4 is 35.1 Å². The minimum absolute atomic E-state index is 0.145. The summed E-state index contributed by atoms with van der Waals surface area (Å²) in [5.41, 5.74) is 1.39. The molecule has 0 spiro atoms. The smallest absolute Gasteiger partial charge is 0.248 e. The van der Waals surface area contributed by atoms with E-state index < -0.39 is 18.2 Å². The molecule has 3 aromatic rings. The average Bonchev–Trinajstić information content (AvgIpc) is 2.77. The van der Waals surface area contributed by atoms with E-state index in [9.17, 15) is 14.2 Å². The molecule has 0 aliphatic carbocycles. The van der Waals surface area contributed by atoms with Gasteiger partial charge in [0.05, 0.1) is 5.02 Å². The van der Waals surface area contributed by atoms with Gasteiger partial charge in [0.15, 0.2) is 0 Å². The molecular formula is C25H24ClO3P. The van der Waals surface area contributed by atoms with Crippen LogP contribution in [0.1, 0.15) is 51.3 Å². The van der Waals surface area contributed by atoms with Crippen LogP contribution in [0.5, 0.6) is 0 Å². The van der Waals surface area contributed by atoms with Crippen LogP contribution < -0.4 is 5.30 Å². The summed E-state index contributed by atoms with van der Waals surface area (Å²) in [5.74, 6) is 0. The van der Waals surface area contributed by atoms with Crippen molar-refractivity contribution < 1.29 is 14.2 Å². The lowest BCUT2D eigenvalue weighted by molar-refractivity contribution is 0.104. The number of benzene rings is 3. The van der Waals surface area contributed by atoms with Crippen LogP contribution in [0.4, 0.5) is 0 Å². The summed E-state index contributed by atoms with van der Waals surface area (Å²) in [6.07, 6.45) is 1.20. The van der Waals surface area contributed by atoms with Gasteiger partial charge in [-0.15, -0.1) is 0 Å². The maximum Gasteiger partial charge on any atom is 0.248 e. The number of rotatable bonds is 7. The third-order valence-corrected chi connectivity index (χ3v) is 8.27. The molecule has 0 bridgehead atoms. The second-order valence-corrected chi connectivity index (χ2v) is 10.1. The van der Waals surface area contributed by atoms with Crippen molar-refractivity contribution in [1.82, 2.24) is 0 Å². The van der Waals surface area contributed by atoms with E-state index in [2.05, 4.69) is 0 Å². The van der Waals surface area contributed by atoms with Gasteiger partial charge in [0.2, 0.25) is 18.2 Å². The number of halogens is 1. The van der Waals surface area contributed by atoms with Gasteiger partial charge in [-0.3, -0.25) is 9.59 Å². The van der Waals surface area contributed by atoms with Gasteiger partial charge in [0.25, 0.3) is 0 Å². The number of hydrogen-bond donors (Lipinski definition) is 0. The highest BCUT2D eigenvalue weighted by molar-refractivity contribution is 8.01. The summed E-state index contributed by atoms with van der Waals surface area (Å²) in [6, 6.07) is 19.0. The van der Waals surface area contributed by atoms with Gasteiger partial charge in [0.1, 0.15) is 0 Å². The third kappa shape index (κ3) is 3.80. The summed E-state index contributed by atoms with van der Waals surface area (Å²) < 4.78 is 14.5. The zero-order valence-corrected chi connectivity index (χ0v) is 19.0. The summed E-state index contributed by atoms with van der Waals surface area (Å²) >= 11 is 6.33. The van der Waals surface area contributed by atoms with E-state index >= 15 is 0 Å². The highest BCUT2D eigenvalue weighted by Gasteiger charge is 2.45. The first-order chi connectivity index (χ1) is 14.4. The molecule has 1 unspecified atom stereocenters. The molecule has 5 heteroatoms. The standard InChI is InChI=1S/C25H24ClO3P/c1-4-18-12-10-13-19(5-2)23(18)25(28)30(29,20-14-7-6-8-15-20)24(27)22-17(3)11-9-16-21(22)26/h6-16H,4-5H2,1-3H3. The highest BCUT2D eigenvalue weighted by atomic mass is 35.5. The first kappa shape index (κ1) is 22.2. The molecule has 0 saturated carbocycles. The zero-order chi connectivity index (χ0) is 21.9. The fraction of sp³-hybridized carbons (Fsp3) is 0.200. The van der Waals surface area contributed by atoms with E-state index in [1.165, 1.54) is 0 Å². The fourth-order valence-electron chi connectivity index (χ4n) is 3.70. The Morgan fingerprint density at radius 2 is 1.30 bits per heavy atom. The van der Waals surface area contributed by atoms with E-state index in [4.69, 9.17) is 11.6 Å². The molecule has 0 aliphatic rings. The Balaban J connectivity index is 2.32. The molecule has 0 fully saturated rings. The van der Waals surface area contributed by atoms with Gasteiger partial charge in [-0.05, 0) is 42.5 Å². The van der Waals surface area contributed by atoms with Crippen molar-refractivity contribution in [2.45, 2.75) is 33.6 Å². The Hall–Kier alpha value is -2.48. The third-order valence-electron chi connectivity index (χ3n) is 5.34. The van der Waals surface area contributed by atoms with Crippen molar-refractivity contribution in [1.29, 1.82) is 0 Å². The van der Waals surface area contributed by atoms with Crippen LogP contribution in [-0.2, 0) is 17.4 Å². The Labute approximate surface area is 182 Å². The molecule has 3 rings (SSSR count). The van der Waals surface area contributed by atoms with Crippen LogP contribution in [0.15, 0.2) is 66.7 Å². The van der Waals surface area contributed by atoms with Gasteiger partial charge in [-0.25, -0.2) is 0 Å². The Morgan fingerprint density at radius 3 is 1.83 bits per heavy atom. The molecule has 0 aliphatic heterocycles. The van der Waals surface area contributed by atoms with Crippen molar-refractivity contribution in [3.05, 3.63) is 99.6 Å². The molecule has 0 N–H and O–H groups in total. The van der Waals surface area contributed by atoms with Gasteiger partial charge in [0, 0.05) is 16.4 Å². The van der Waals surface area contributed by atoms with E-state index in [1.54, 1.807) is 55.5 Å². The van der Waals surface area contributed by atoms with Crippen molar-refractivity contribution in [2.75, 3.05) is 0 Å². The molecule has 1 atom stereocenters. The molecule has 0 saturated heterocycles. The molecule has 0 heterocycles. The summed E-state index contributed by atoms with van der Waals surface area (Å²) in [4.78, 5) is 27.7. The lowest BCUT2D eigenvalue weighted by atomic mass is 9.98. The first-order valence-electron chi connectivity index (χ1n) is 9.97. The highest BCUT2D eigenvalue weighted by Crippen LogP contribution is 2.53. The van der Waals surface area contributed by atoms with Gasteiger partial charge in [-0.1, -0.05) is 86.1 Å². The van der Waals surface area contributed by atoms with Crippen LogP contribution in [-0.4, -0.2) is 11.0 Å². The van der Waals surface area contributed by atoms with E-state index in [0.29, 0.717) is 24.0 Å². The zero-order valence-electron chi connectivity index (χ0n) is 17.3. The van der Waals surface area contributed by atoms with Crippen molar-refractivity contribution in [2.24, 2.45) is 0 Å². The maximum atomic E-state index is 14.5. The first-order valence-corrected chi connectivity index (χ1v) is 12.1. The Bertz CT molecular complexity index is 1110. The molecule has 0 aromatic heterocycles. The van der Waals surface area contributed by atoms with Gasteiger partial charge < -0.3 is 4.57 Å². The number of aryl methyl sites for hydroxylation is 3. The number of carbonyl (C=O) groups is 2.